The van der Waals surface area contributed by atoms with Gasteiger partial charge >= 0.3 is 17.9 Å². The van der Waals surface area contributed by atoms with E-state index in [0.29, 0.717) is 19.3 Å². The van der Waals surface area contributed by atoms with Gasteiger partial charge < -0.3 is 25.5 Å². The van der Waals surface area contributed by atoms with E-state index in [2.05, 4.69) is 20.8 Å². The third-order valence-corrected chi connectivity index (χ3v) is 20.5. The van der Waals surface area contributed by atoms with Crippen LogP contribution in [0.3, 0.4) is 0 Å². The van der Waals surface area contributed by atoms with E-state index in [1.807, 2.05) is 0 Å². The highest BCUT2D eigenvalue weighted by Crippen LogP contribution is 2.22. The standard InChI is InChI=1S/C31H62O4.2C28H56O2/c1-2-3-4-5-6-7-8-9-10-11-12-13-14-15-16-17-18-19-20-21-22-23-24-25-26-29(31(34)35)27-30(33)28-32;2*1-2-3-4-5-6-7-8-9-10-11-12-13-14-15-16-17-18-19-20-21-22-23-24-25-26-27-28(29)30/h29-30,32-33H,2-28H2,1H3,(H,34,35);2*2-27H2,1H3,(H,29,30). The van der Waals surface area contributed by atoms with Crippen molar-refractivity contribution in [2.24, 2.45) is 5.92 Å². The van der Waals surface area contributed by atoms with Gasteiger partial charge in [0.15, 0.2) is 0 Å². The first kappa shape index (κ1) is 97.5. The summed E-state index contributed by atoms with van der Waals surface area (Å²) in [5.41, 5.74) is 0. The maximum atomic E-state index is 11.2. The minimum Gasteiger partial charge on any atom is -0.481 e. The largest absolute Gasteiger partial charge is 0.481 e. The van der Waals surface area contributed by atoms with Crippen LogP contribution in [0.15, 0.2) is 0 Å². The van der Waals surface area contributed by atoms with E-state index >= 15 is 0 Å². The molecule has 0 saturated heterocycles. The van der Waals surface area contributed by atoms with Crippen LogP contribution in [0.4, 0.5) is 0 Å². The molecule has 0 saturated carbocycles. The summed E-state index contributed by atoms with van der Waals surface area (Å²) in [6.07, 6.45) is 103. The average molecular weight is 1350 g/mol. The van der Waals surface area contributed by atoms with Crippen molar-refractivity contribution in [3.63, 3.8) is 0 Å². The van der Waals surface area contributed by atoms with Gasteiger partial charge in [-0.05, 0) is 25.7 Å². The number of hydrogen-bond donors (Lipinski definition) is 5. The lowest BCUT2D eigenvalue weighted by molar-refractivity contribution is -0.143. The Labute approximate surface area is 595 Å². The highest BCUT2D eigenvalue weighted by Gasteiger charge is 2.20. The monoisotopic (exact) mass is 1350 g/mol. The van der Waals surface area contributed by atoms with Gasteiger partial charge in [0.2, 0.25) is 0 Å². The number of aliphatic carboxylic acids is 3. The molecule has 0 bridgehead atoms. The van der Waals surface area contributed by atoms with Crippen LogP contribution in [-0.4, -0.2) is 56.2 Å². The van der Waals surface area contributed by atoms with Gasteiger partial charge in [0, 0.05) is 12.8 Å². The van der Waals surface area contributed by atoms with Gasteiger partial charge in [0.05, 0.1) is 18.6 Å². The molecular formula is C87H174O8. The van der Waals surface area contributed by atoms with E-state index < -0.39 is 29.9 Å². The molecule has 0 aromatic rings. The summed E-state index contributed by atoms with van der Waals surface area (Å²) in [7, 11) is 0. The van der Waals surface area contributed by atoms with E-state index in [1.165, 1.54) is 437 Å². The Balaban J connectivity index is -0.00000134. The molecule has 2 atom stereocenters. The minimum atomic E-state index is -0.912. The van der Waals surface area contributed by atoms with E-state index in [4.69, 9.17) is 15.3 Å². The predicted molar refractivity (Wildman–Crippen MR) is 417 cm³/mol. The van der Waals surface area contributed by atoms with Crippen LogP contribution in [0, 0.1) is 5.92 Å². The van der Waals surface area contributed by atoms with Crippen molar-refractivity contribution in [1.29, 1.82) is 0 Å². The summed E-state index contributed by atoms with van der Waals surface area (Å²) in [6.45, 7) is 6.52. The number of carbonyl (C=O) groups is 3. The smallest absolute Gasteiger partial charge is 0.306 e. The number of hydrogen-bond acceptors (Lipinski definition) is 5. The molecule has 0 radical (unpaired) electrons. The van der Waals surface area contributed by atoms with Gasteiger partial charge in [-0.2, -0.15) is 0 Å². The fourth-order valence-electron chi connectivity index (χ4n) is 13.9. The molecule has 0 aromatic heterocycles. The van der Waals surface area contributed by atoms with Gasteiger partial charge in [0.25, 0.3) is 0 Å². The molecule has 8 nitrogen and oxygen atoms in total. The highest BCUT2D eigenvalue weighted by atomic mass is 16.4. The van der Waals surface area contributed by atoms with Crippen molar-refractivity contribution >= 4 is 17.9 Å². The van der Waals surface area contributed by atoms with Crippen LogP contribution < -0.4 is 0 Å². The summed E-state index contributed by atoms with van der Waals surface area (Å²) in [4.78, 5) is 32.1. The zero-order valence-electron chi connectivity index (χ0n) is 65.0. The normalized spacial score (nSPS) is 12.0. The third-order valence-electron chi connectivity index (χ3n) is 20.5. The Morgan fingerprint density at radius 1 is 0.221 bits per heavy atom. The molecule has 0 fully saturated rings. The van der Waals surface area contributed by atoms with Crippen molar-refractivity contribution in [3.05, 3.63) is 0 Å². The van der Waals surface area contributed by atoms with E-state index in [9.17, 15) is 24.6 Å². The second-order valence-electron chi connectivity index (χ2n) is 30.3. The zero-order chi connectivity index (χ0) is 69.7. The molecule has 0 aliphatic carbocycles. The van der Waals surface area contributed by atoms with Gasteiger partial charge in [-0.1, -0.05) is 483 Å². The van der Waals surface area contributed by atoms with Gasteiger partial charge in [-0.3, -0.25) is 14.4 Å². The Bertz CT molecular complexity index is 1340. The summed E-state index contributed by atoms with van der Waals surface area (Å²) < 4.78 is 0. The third kappa shape index (κ3) is 96.6. The number of unbranched alkanes of at least 4 members (excludes halogenated alkanes) is 71. The summed E-state index contributed by atoms with van der Waals surface area (Å²) in [5.74, 6) is -2.68. The van der Waals surface area contributed by atoms with Gasteiger partial charge in [-0.25, -0.2) is 0 Å². The van der Waals surface area contributed by atoms with Crippen molar-refractivity contribution in [2.45, 2.75) is 528 Å². The maximum absolute atomic E-state index is 11.2. The molecule has 570 valence electrons. The molecule has 0 rings (SSSR count). The highest BCUT2D eigenvalue weighted by molar-refractivity contribution is 5.70. The number of carboxylic acids is 3. The lowest BCUT2D eigenvalue weighted by Crippen LogP contribution is -2.23. The topological polar surface area (TPSA) is 152 Å². The second-order valence-corrected chi connectivity index (χ2v) is 30.3. The second kappa shape index (κ2) is 90.3. The molecule has 2 unspecified atom stereocenters. The first-order valence-corrected chi connectivity index (χ1v) is 43.6. The maximum Gasteiger partial charge on any atom is 0.306 e. The van der Waals surface area contributed by atoms with Crippen LogP contribution in [0.5, 0.6) is 0 Å². The SMILES string of the molecule is CCCCCCCCCCCCCCCCCCCCCCCCCCC(CC(O)CO)C(=O)O.CCCCCCCCCCCCCCCCCCCCCCCCCCCC(=O)O.CCCCCCCCCCCCCCCCCCCCCCCCCCCC(=O)O. The first-order valence-electron chi connectivity index (χ1n) is 43.6. The molecule has 8 heteroatoms. The molecule has 5 N–H and O–H groups in total. The molecular weight excluding hydrogens is 1170 g/mol. The molecule has 0 heterocycles. The average Bonchev–Trinajstić information content (AvgIpc) is 3.59. The summed E-state index contributed by atoms with van der Waals surface area (Å²) in [5, 5.41) is 44.7. The Hall–Kier alpha value is -1.67. The Morgan fingerprint density at radius 3 is 0.484 bits per heavy atom. The van der Waals surface area contributed by atoms with E-state index in [1.54, 1.807) is 0 Å². The lowest BCUT2D eigenvalue weighted by Gasteiger charge is -2.15. The fourth-order valence-corrected chi connectivity index (χ4v) is 13.9. The van der Waals surface area contributed by atoms with Gasteiger partial charge in [-0.15, -0.1) is 0 Å². The fraction of sp³-hybridized carbons (Fsp3) is 0.966. The number of carboxylic acid groups (broad SMARTS) is 3. The Morgan fingerprint density at radius 2 is 0.358 bits per heavy atom. The van der Waals surface area contributed by atoms with Crippen LogP contribution in [0.25, 0.3) is 0 Å². The van der Waals surface area contributed by atoms with Crippen molar-refractivity contribution in [2.75, 3.05) is 6.61 Å². The van der Waals surface area contributed by atoms with Crippen LogP contribution in [0.2, 0.25) is 0 Å². The summed E-state index contributed by atoms with van der Waals surface area (Å²) in [6, 6.07) is 0. The predicted octanol–water partition coefficient (Wildman–Crippen LogP) is 29.7. The van der Waals surface area contributed by atoms with Crippen molar-refractivity contribution in [1.82, 2.24) is 0 Å². The van der Waals surface area contributed by atoms with E-state index in [-0.39, 0.29) is 13.0 Å². The lowest BCUT2D eigenvalue weighted by atomic mass is 9.94. The Kier molecular flexibility index (Phi) is 92.7. The number of aliphatic hydroxyl groups is 2. The number of aliphatic hydroxyl groups excluding tert-OH is 2. The molecule has 0 aliphatic rings. The van der Waals surface area contributed by atoms with Crippen molar-refractivity contribution in [3.8, 4) is 0 Å². The minimum absolute atomic E-state index is 0.158. The summed E-state index contributed by atoms with van der Waals surface area (Å²) >= 11 is 0. The first-order chi connectivity index (χ1) is 46.7. The van der Waals surface area contributed by atoms with E-state index in [0.717, 1.165) is 38.5 Å². The number of rotatable bonds is 81. The van der Waals surface area contributed by atoms with Crippen LogP contribution in [-0.2, 0) is 14.4 Å². The zero-order valence-corrected chi connectivity index (χ0v) is 65.0. The quantitative estimate of drug-likeness (QED) is 0.0378. The molecule has 0 spiro atoms. The van der Waals surface area contributed by atoms with Crippen molar-refractivity contribution < 1.29 is 39.9 Å². The van der Waals surface area contributed by atoms with Crippen LogP contribution >= 0.6 is 0 Å². The molecule has 0 amide bonds. The van der Waals surface area contributed by atoms with Crippen LogP contribution in [0.1, 0.15) is 522 Å². The molecule has 0 aliphatic heterocycles. The molecule has 95 heavy (non-hydrogen) atoms. The molecule has 0 aromatic carbocycles. The van der Waals surface area contributed by atoms with Gasteiger partial charge in [0.1, 0.15) is 0 Å².